The molecule has 1 saturated heterocycles. The standard InChI is InChI=1S/C23H23N3O3S/c1-28-20(27)11-7-15-26-22(21(25-23(26)30)17-10-5-6-14-24-17)19-13-12-18(29-19)16-8-3-2-4-9-16/h2-6,8-10,12-14,21-22H,7,11,15H2,1H3,(H,25,30)/t21-,22-/m1/s1. The van der Waals surface area contributed by atoms with Crippen LogP contribution < -0.4 is 5.32 Å². The van der Waals surface area contributed by atoms with Crippen molar-refractivity contribution in [2.45, 2.75) is 24.9 Å². The fraction of sp³-hybridized carbons (Fsp3) is 0.261. The van der Waals surface area contributed by atoms with Crippen LogP contribution in [0.25, 0.3) is 11.3 Å². The Labute approximate surface area is 180 Å². The normalized spacial score (nSPS) is 18.3. The highest BCUT2D eigenvalue weighted by Gasteiger charge is 2.41. The van der Waals surface area contributed by atoms with Crippen LogP contribution in [-0.4, -0.2) is 34.6 Å². The molecule has 2 atom stereocenters. The molecule has 30 heavy (non-hydrogen) atoms. The number of esters is 1. The van der Waals surface area contributed by atoms with Crippen molar-refractivity contribution in [2.75, 3.05) is 13.7 Å². The summed E-state index contributed by atoms with van der Waals surface area (Å²) >= 11 is 5.63. The van der Waals surface area contributed by atoms with Gasteiger partial charge < -0.3 is 19.4 Å². The summed E-state index contributed by atoms with van der Waals surface area (Å²) in [6.45, 7) is 0.607. The van der Waals surface area contributed by atoms with Crippen molar-refractivity contribution in [3.05, 3.63) is 78.3 Å². The molecule has 154 valence electrons. The molecule has 1 fully saturated rings. The molecule has 1 aliphatic heterocycles. The maximum absolute atomic E-state index is 11.5. The van der Waals surface area contributed by atoms with Gasteiger partial charge in [0.15, 0.2) is 5.11 Å². The molecular weight excluding hydrogens is 398 g/mol. The Morgan fingerprint density at radius 2 is 1.97 bits per heavy atom. The van der Waals surface area contributed by atoms with Crippen molar-refractivity contribution in [1.82, 2.24) is 15.2 Å². The molecule has 0 radical (unpaired) electrons. The summed E-state index contributed by atoms with van der Waals surface area (Å²) < 4.78 is 11.0. The third-order valence-corrected chi connectivity index (χ3v) is 5.53. The Hall–Kier alpha value is -3.19. The van der Waals surface area contributed by atoms with E-state index >= 15 is 0 Å². The molecule has 3 heterocycles. The predicted molar refractivity (Wildman–Crippen MR) is 118 cm³/mol. The first-order valence-corrected chi connectivity index (χ1v) is 10.3. The number of carbonyl (C=O) groups excluding carboxylic acids is 1. The summed E-state index contributed by atoms with van der Waals surface area (Å²) in [5.41, 5.74) is 1.90. The van der Waals surface area contributed by atoms with Gasteiger partial charge in [0, 0.05) is 24.7 Å². The third-order valence-electron chi connectivity index (χ3n) is 5.18. The van der Waals surface area contributed by atoms with Gasteiger partial charge in [0.2, 0.25) is 0 Å². The first-order chi connectivity index (χ1) is 14.7. The van der Waals surface area contributed by atoms with Gasteiger partial charge in [0.25, 0.3) is 0 Å². The largest absolute Gasteiger partial charge is 0.469 e. The number of thiocarbonyl (C=S) groups is 1. The minimum absolute atomic E-state index is 0.147. The molecule has 0 aliphatic carbocycles. The number of aromatic nitrogens is 1. The Kier molecular flexibility index (Phi) is 6.09. The van der Waals surface area contributed by atoms with E-state index in [1.165, 1.54) is 7.11 Å². The molecule has 6 nitrogen and oxygen atoms in total. The Balaban J connectivity index is 1.64. The molecule has 0 unspecified atom stereocenters. The number of hydrogen-bond acceptors (Lipinski definition) is 5. The lowest BCUT2D eigenvalue weighted by molar-refractivity contribution is -0.140. The summed E-state index contributed by atoms with van der Waals surface area (Å²) in [6, 6.07) is 19.5. The molecule has 4 rings (SSSR count). The van der Waals surface area contributed by atoms with Crippen molar-refractivity contribution in [3.63, 3.8) is 0 Å². The van der Waals surface area contributed by atoms with Crippen LogP contribution in [0.3, 0.4) is 0 Å². The lowest BCUT2D eigenvalue weighted by Crippen LogP contribution is -2.30. The molecule has 0 amide bonds. The second kappa shape index (κ2) is 9.09. The zero-order valence-electron chi connectivity index (χ0n) is 16.7. The highest BCUT2D eigenvalue weighted by atomic mass is 32.1. The third kappa shape index (κ3) is 4.21. The predicted octanol–water partition coefficient (Wildman–Crippen LogP) is 4.27. The molecule has 7 heteroatoms. The van der Waals surface area contributed by atoms with Crippen LogP contribution in [0.1, 0.15) is 36.4 Å². The summed E-state index contributed by atoms with van der Waals surface area (Å²) in [6.07, 6.45) is 2.74. The lowest BCUT2D eigenvalue weighted by Gasteiger charge is -2.25. The van der Waals surface area contributed by atoms with Gasteiger partial charge in [-0.1, -0.05) is 36.4 Å². The van der Waals surface area contributed by atoms with Gasteiger partial charge in [0.05, 0.1) is 18.8 Å². The summed E-state index contributed by atoms with van der Waals surface area (Å²) in [7, 11) is 1.40. The molecule has 0 saturated carbocycles. The van der Waals surface area contributed by atoms with Crippen LogP contribution in [-0.2, 0) is 9.53 Å². The average Bonchev–Trinajstić information content (AvgIpc) is 3.40. The van der Waals surface area contributed by atoms with Crippen molar-refractivity contribution in [2.24, 2.45) is 0 Å². The summed E-state index contributed by atoms with van der Waals surface area (Å²) in [4.78, 5) is 18.1. The van der Waals surface area contributed by atoms with Gasteiger partial charge in [-0.3, -0.25) is 9.78 Å². The summed E-state index contributed by atoms with van der Waals surface area (Å²) in [5, 5.41) is 4.01. The number of furan rings is 1. The SMILES string of the molecule is COC(=O)CCCN1C(=S)N[C@H](c2ccccn2)[C@H]1c1ccc(-c2ccccc2)o1. The van der Waals surface area contributed by atoms with E-state index in [1.807, 2.05) is 60.7 Å². The van der Waals surface area contributed by atoms with Crippen LogP contribution in [0, 0.1) is 0 Å². The van der Waals surface area contributed by atoms with Gasteiger partial charge in [-0.25, -0.2) is 0 Å². The van der Waals surface area contributed by atoms with Crippen LogP contribution >= 0.6 is 12.2 Å². The second-order valence-corrected chi connectivity index (χ2v) is 7.45. The Morgan fingerprint density at radius 3 is 2.70 bits per heavy atom. The fourth-order valence-electron chi connectivity index (χ4n) is 3.72. The topological polar surface area (TPSA) is 67.6 Å². The monoisotopic (exact) mass is 421 g/mol. The number of hydrogen-bond donors (Lipinski definition) is 1. The molecule has 1 N–H and O–H groups in total. The van der Waals surface area contributed by atoms with E-state index in [4.69, 9.17) is 21.4 Å². The molecular formula is C23H23N3O3S. The van der Waals surface area contributed by atoms with Crippen LogP contribution in [0.15, 0.2) is 71.3 Å². The van der Waals surface area contributed by atoms with Crippen molar-refractivity contribution in [1.29, 1.82) is 0 Å². The van der Waals surface area contributed by atoms with Crippen molar-refractivity contribution >= 4 is 23.3 Å². The van der Waals surface area contributed by atoms with Gasteiger partial charge >= 0.3 is 5.97 Å². The first-order valence-electron chi connectivity index (χ1n) is 9.87. The van der Waals surface area contributed by atoms with Gasteiger partial charge in [0.1, 0.15) is 17.6 Å². The lowest BCUT2D eigenvalue weighted by atomic mass is 10.0. The Bertz CT molecular complexity index is 1010. The van der Waals surface area contributed by atoms with Gasteiger partial charge in [-0.05, 0) is 42.9 Å². The Morgan fingerprint density at radius 1 is 1.17 bits per heavy atom. The smallest absolute Gasteiger partial charge is 0.305 e. The van der Waals surface area contributed by atoms with Crippen molar-refractivity contribution in [3.8, 4) is 11.3 Å². The average molecular weight is 422 g/mol. The number of ether oxygens (including phenoxy) is 1. The number of pyridine rings is 1. The zero-order chi connectivity index (χ0) is 20.9. The number of rotatable bonds is 7. The highest BCUT2D eigenvalue weighted by molar-refractivity contribution is 7.80. The number of methoxy groups -OCH3 is 1. The van der Waals surface area contributed by atoms with E-state index in [0.29, 0.717) is 24.5 Å². The minimum Gasteiger partial charge on any atom is -0.469 e. The molecule has 1 aromatic carbocycles. The van der Waals surface area contributed by atoms with Crippen molar-refractivity contribution < 1.29 is 13.9 Å². The van der Waals surface area contributed by atoms with Gasteiger partial charge in [-0.2, -0.15) is 0 Å². The number of nitrogens with one attached hydrogen (secondary N) is 1. The molecule has 0 bridgehead atoms. The molecule has 3 aromatic rings. The molecule has 1 aliphatic rings. The molecule has 0 spiro atoms. The van der Waals surface area contributed by atoms with Crippen LogP contribution in [0.5, 0.6) is 0 Å². The van der Waals surface area contributed by atoms with E-state index in [1.54, 1.807) is 6.20 Å². The highest BCUT2D eigenvalue weighted by Crippen LogP contribution is 2.40. The number of benzene rings is 1. The quantitative estimate of drug-likeness (QED) is 0.451. The van der Waals surface area contributed by atoms with E-state index < -0.39 is 0 Å². The van der Waals surface area contributed by atoms with Gasteiger partial charge in [-0.15, -0.1) is 0 Å². The van der Waals surface area contributed by atoms with E-state index in [2.05, 4.69) is 15.2 Å². The van der Waals surface area contributed by atoms with E-state index in [0.717, 1.165) is 22.8 Å². The maximum atomic E-state index is 11.5. The van der Waals surface area contributed by atoms with Crippen LogP contribution in [0.4, 0.5) is 0 Å². The fourth-order valence-corrected chi connectivity index (χ4v) is 4.05. The zero-order valence-corrected chi connectivity index (χ0v) is 17.5. The summed E-state index contributed by atoms with van der Waals surface area (Å²) in [5.74, 6) is 1.38. The van der Waals surface area contributed by atoms with E-state index in [9.17, 15) is 4.79 Å². The maximum Gasteiger partial charge on any atom is 0.305 e. The van der Waals surface area contributed by atoms with Crippen LogP contribution in [0.2, 0.25) is 0 Å². The minimum atomic E-state index is -0.227. The number of nitrogens with zero attached hydrogens (tertiary/aromatic N) is 2. The number of carbonyl (C=O) groups is 1. The second-order valence-electron chi connectivity index (χ2n) is 7.07. The van der Waals surface area contributed by atoms with E-state index in [-0.39, 0.29) is 18.1 Å². The first kappa shape index (κ1) is 20.1. The molecule has 2 aromatic heterocycles.